The van der Waals surface area contributed by atoms with E-state index in [9.17, 15) is 0 Å². The molecule has 1 aromatic rings. The number of nitrogens with zero attached hydrogens (tertiary/aromatic N) is 1. The van der Waals surface area contributed by atoms with Gasteiger partial charge in [-0.2, -0.15) is 0 Å². The molecule has 0 fully saturated rings. The zero-order valence-electron chi connectivity index (χ0n) is 8.34. The molecule has 0 heterocycles. The summed E-state index contributed by atoms with van der Waals surface area (Å²) >= 11 is 5.99. The van der Waals surface area contributed by atoms with Crippen molar-refractivity contribution in [3.05, 3.63) is 34.9 Å². The van der Waals surface area contributed by atoms with Crippen LogP contribution in [0, 0.1) is 0 Å². The van der Waals surface area contributed by atoms with Crippen molar-refractivity contribution in [2.45, 2.75) is 6.54 Å². The number of hydrogen-bond donors (Lipinski definition) is 2. The van der Waals surface area contributed by atoms with Crippen LogP contribution in [0.4, 0.5) is 0 Å². The number of benzene rings is 1. The monoisotopic (exact) mass is 211 g/mol. The molecule has 76 valence electrons. The summed E-state index contributed by atoms with van der Waals surface area (Å²) in [6.45, 7) is 0.674. The Balaban J connectivity index is 2.58. The largest absolute Gasteiger partial charge is 0.359 e. The van der Waals surface area contributed by atoms with E-state index >= 15 is 0 Å². The third-order valence-electron chi connectivity index (χ3n) is 1.86. The van der Waals surface area contributed by atoms with E-state index in [-0.39, 0.29) is 0 Å². The second kappa shape index (κ2) is 5.50. The molecule has 0 saturated heterocycles. The van der Waals surface area contributed by atoms with Crippen LogP contribution < -0.4 is 10.6 Å². The summed E-state index contributed by atoms with van der Waals surface area (Å²) in [7, 11) is 3.55. The van der Waals surface area contributed by atoms with Gasteiger partial charge in [0.2, 0.25) is 0 Å². The fraction of sp³-hybridized carbons (Fsp3) is 0.300. The molecule has 0 unspecified atom stereocenters. The minimum Gasteiger partial charge on any atom is -0.359 e. The van der Waals surface area contributed by atoms with Gasteiger partial charge < -0.3 is 10.6 Å². The number of hydrogen-bond acceptors (Lipinski definition) is 1. The topological polar surface area (TPSA) is 36.4 Å². The number of halogens is 1. The Morgan fingerprint density at radius 3 is 2.71 bits per heavy atom. The van der Waals surface area contributed by atoms with Gasteiger partial charge >= 0.3 is 0 Å². The lowest BCUT2D eigenvalue weighted by Gasteiger charge is -2.09. The van der Waals surface area contributed by atoms with E-state index in [0.717, 1.165) is 16.5 Å². The first kappa shape index (κ1) is 10.9. The van der Waals surface area contributed by atoms with Gasteiger partial charge in [0.1, 0.15) is 0 Å². The van der Waals surface area contributed by atoms with Crippen LogP contribution in [-0.4, -0.2) is 20.1 Å². The molecule has 1 rings (SSSR count). The maximum atomic E-state index is 5.99. The Hall–Kier alpha value is -1.22. The van der Waals surface area contributed by atoms with Gasteiger partial charge in [-0.1, -0.05) is 29.8 Å². The average Bonchev–Trinajstić information content (AvgIpc) is 2.22. The van der Waals surface area contributed by atoms with Gasteiger partial charge in [-0.15, -0.1) is 0 Å². The minimum atomic E-state index is 0.674. The normalized spacial score (nSPS) is 11.2. The summed E-state index contributed by atoms with van der Waals surface area (Å²) in [5, 5.41) is 6.84. The first-order chi connectivity index (χ1) is 6.77. The molecule has 0 amide bonds. The van der Waals surface area contributed by atoms with E-state index in [2.05, 4.69) is 15.6 Å². The van der Waals surface area contributed by atoms with Crippen LogP contribution in [0.1, 0.15) is 5.56 Å². The van der Waals surface area contributed by atoms with E-state index in [0.29, 0.717) is 6.54 Å². The highest BCUT2D eigenvalue weighted by atomic mass is 35.5. The molecular weight excluding hydrogens is 198 g/mol. The Labute approximate surface area is 89.2 Å². The molecule has 0 aliphatic carbocycles. The maximum absolute atomic E-state index is 5.99. The molecule has 0 saturated carbocycles. The summed E-state index contributed by atoms with van der Waals surface area (Å²) in [6, 6.07) is 7.74. The molecule has 0 radical (unpaired) electrons. The first-order valence-corrected chi connectivity index (χ1v) is 4.77. The van der Waals surface area contributed by atoms with Crippen LogP contribution in [0.5, 0.6) is 0 Å². The minimum absolute atomic E-state index is 0.674. The Morgan fingerprint density at radius 1 is 1.43 bits per heavy atom. The number of nitrogens with one attached hydrogen (secondary N) is 2. The van der Waals surface area contributed by atoms with Crippen molar-refractivity contribution in [3.8, 4) is 0 Å². The molecule has 3 nitrogen and oxygen atoms in total. The smallest absolute Gasteiger partial charge is 0.190 e. The molecule has 2 N–H and O–H groups in total. The second-order valence-electron chi connectivity index (χ2n) is 2.77. The Morgan fingerprint density at radius 2 is 2.14 bits per heavy atom. The number of rotatable bonds is 2. The summed E-state index contributed by atoms with van der Waals surface area (Å²) in [5.74, 6) is 0.755. The third kappa shape index (κ3) is 2.92. The molecule has 0 aromatic heterocycles. The van der Waals surface area contributed by atoms with Crippen molar-refractivity contribution >= 4 is 17.6 Å². The molecule has 0 atom stereocenters. The molecule has 0 aliphatic rings. The third-order valence-corrected chi connectivity index (χ3v) is 2.23. The van der Waals surface area contributed by atoms with Crippen molar-refractivity contribution in [3.63, 3.8) is 0 Å². The standard InChI is InChI=1S/C10H14ClN3/c1-12-10(13-2)14-7-8-5-3-4-6-9(8)11/h3-6H,7H2,1-2H3,(H2,12,13,14). The fourth-order valence-corrected chi connectivity index (χ4v) is 1.30. The molecule has 14 heavy (non-hydrogen) atoms. The highest BCUT2D eigenvalue weighted by Gasteiger charge is 1.99. The predicted molar refractivity (Wildman–Crippen MR) is 60.7 cm³/mol. The molecular formula is C10H14ClN3. The molecule has 1 aromatic carbocycles. The highest BCUT2D eigenvalue weighted by Crippen LogP contribution is 2.13. The van der Waals surface area contributed by atoms with Gasteiger partial charge in [0, 0.05) is 25.7 Å². The zero-order chi connectivity index (χ0) is 10.4. The summed E-state index contributed by atoms with van der Waals surface area (Å²) in [4.78, 5) is 4.00. The van der Waals surface area contributed by atoms with Gasteiger partial charge in [-0.3, -0.25) is 4.99 Å². The SMILES string of the molecule is CN=C(NC)NCc1ccccc1Cl. The summed E-state index contributed by atoms with van der Waals surface area (Å²) in [6.07, 6.45) is 0. The number of aliphatic imine (C=N–C) groups is 1. The van der Waals surface area contributed by atoms with Crippen LogP contribution in [0.25, 0.3) is 0 Å². The van der Waals surface area contributed by atoms with Gasteiger partial charge in [0.15, 0.2) is 5.96 Å². The van der Waals surface area contributed by atoms with E-state index < -0.39 is 0 Å². The quantitative estimate of drug-likeness (QED) is 0.577. The van der Waals surface area contributed by atoms with Crippen molar-refractivity contribution in [2.75, 3.05) is 14.1 Å². The summed E-state index contributed by atoms with van der Waals surface area (Å²) < 4.78 is 0. The van der Waals surface area contributed by atoms with Crippen LogP contribution in [0.3, 0.4) is 0 Å². The fourth-order valence-electron chi connectivity index (χ4n) is 1.10. The predicted octanol–water partition coefficient (Wildman–Crippen LogP) is 1.63. The van der Waals surface area contributed by atoms with Crippen LogP contribution >= 0.6 is 11.6 Å². The van der Waals surface area contributed by atoms with Gasteiger partial charge in [0.25, 0.3) is 0 Å². The van der Waals surface area contributed by atoms with Crippen LogP contribution in [0.15, 0.2) is 29.3 Å². The second-order valence-corrected chi connectivity index (χ2v) is 3.17. The Bertz CT molecular complexity index is 323. The first-order valence-electron chi connectivity index (χ1n) is 4.39. The van der Waals surface area contributed by atoms with Gasteiger partial charge in [-0.25, -0.2) is 0 Å². The highest BCUT2D eigenvalue weighted by molar-refractivity contribution is 6.31. The van der Waals surface area contributed by atoms with E-state index in [1.54, 1.807) is 7.05 Å². The van der Waals surface area contributed by atoms with E-state index in [4.69, 9.17) is 11.6 Å². The molecule has 0 aliphatic heterocycles. The van der Waals surface area contributed by atoms with Gasteiger partial charge in [0.05, 0.1) is 0 Å². The molecule has 0 bridgehead atoms. The number of guanidine groups is 1. The summed E-state index contributed by atoms with van der Waals surface area (Å²) in [5.41, 5.74) is 1.06. The molecule has 0 spiro atoms. The Kier molecular flexibility index (Phi) is 4.26. The lowest BCUT2D eigenvalue weighted by molar-refractivity contribution is 0.866. The van der Waals surface area contributed by atoms with Gasteiger partial charge in [-0.05, 0) is 11.6 Å². The lowest BCUT2D eigenvalue weighted by Crippen LogP contribution is -2.34. The van der Waals surface area contributed by atoms with Crippen LogP contribution in [-0.2, 0) is 6.54 Å². The van der Waals surface area contributed by atoms with Crippen molar-refractivity contribution in [2.24, 2.45) is 4.99 Å². The molecule has 4 heteroatoms. The maximum Gasteiger partial charge on any atom is 0.190 e. The van der Waals surface area contributed by atoms with Crippen molar-refractivity contribution < 1.29 is 0 Å². The lowest BCUT2D eigenvalue weighted by atomic mass is 10.2. The van der Waals surface area contributed by atoms with E-state index in [1.165, 1.54) is 0 Å². The van der Waals surface area contributed by atoms with Crippen LogP contribution in [0.2, 0.25) is 5.02 Å². The van der Waals surface area contributed by atoms with Crippen molar-refractivity contribution in [1.82, 2.24) is 10.6 Å². The average molecular weight is 212 g/mol. The zero-order valence-corrected chi connectivity index (χ0v) is 9.10. The van der Waals surface area contributed by atoms with E-state index in [1.807, 2.05) is 31.3 Å². The van der Waals surface area contributed by atoms with Crippen molar-refractivity contribution in [1.29, 1.82) is 0 Å².